The smallest absolute Gasteiger partial charge is 0.329 e. The lowest BCUT2D eigenvalue weighted by Crippen LogP contribution is -2.59. The first-order chi connectivity index (χ1) is 14.0. The van der Waals surface area contributed by atoms with Gasteiger partial charge < -0.3 is 9.84 Å². The maximum absolute atomic E-state index is 13.4. The van der Waals surface area contributed by atoms with Gasteiger partial charge in [-0.1, -0.05) is 42.5 Å². The summed E-state index contributed by atoms with van der Waals surface area (Å²) in [6.07, 6.45) is 0. The molecule has 150 valence electrons. The third kappa shape index (κ3) is 2.69. The Morgan fingerprint density at radius 2 is 1.76 bits per heavy atom. The minimum Gasteiger partial charge on any atom is -0.468 e. The number of aliphatic hydroxyl groups excluding tert-OH is 1. The van der Waals surface area contributed by atoms with E-state index in [4.69, 9.17) is 4.74 Å². The zero-order valence-electron chi connectivity index (χ0n) is 16.2. The highest BCUT2D eigenvalue weighted by molar-refractivity contribution is 6.24. The summed E-state index contributed by atoms with van der Waals surface area (Å²) in [4.78, 5) is 40.7. The van der Waals surface area contributed by atoms with Crippen LogP contribution in [0.1, 0.15) is 17.2 Å². The summed E-state index contributed by atoms with van der Waals surface area (Å²) in [7, 11) is 1.20. The van der Waals surface area contributed by atoms with E-state index in [0.29, 0.717) is 5.69 Å². The van der Waals surface area contributed by atoms with Crippen LogP contribution in [0.4, 0.5) is 5.69 Å². The number of methoxy groups -OCH3 is 1. The highest BCUT2D eigenvalue weighted by atomic mass is 16.5. The number of hydrogen-bond donors (Lipinski definition) is 2. The Morgan fingerprint density at radius 1 is 1.10 bits per heavy atom. The van der Waals surface area contributed by atoms with Crippen molar-refractivity contribution in [3.05, 3.63) is 65.7 Å². The van der Waals surface area contributed by atoms with Gasteiger partial charge in [-0.15, -0.1) is 0 Å². The van der Waals surface area contributed by atoms with E-state index in [1.165, 1.54) is 7.11 Å². The van der Waals surface area contributed by atoms with Crippen LogP contribution in [0.2, 0.25) is 0 Å². The van der Waals surface area contributed by atoms with Crippen LogP contribution in [0, 0.1) is 18.8 Å². The van der Waals surface area contributed by atoms with Gasteiger partial charge >= 0.3 is 5.97 Å². The number of rotatable bonds is 4. The summed E-state index contributed by atoms with van der Waals surface area (Å²) >= 11 is 0. The number of nitrogens with one attached hydrogen (secondary N) is 1. The van der Waals surface area contributed by atoms with Gasteiger partial charge in [0.1, 0.15) is 0 Å². The monoisotopic (exact) mass is 394 g/mol. The molecule has 2 aliphatic rings. The highest BCUT2D eigenvalue weighted by Gasteiger charge is 2.69. The molecule has 2 aromatic carbocycles. The van der Waals surface area contributed by atoms with Crippen molar-refractivity contribution in [2.45, 2.75) is 18.5 Å². The lowest BCUT2D eigenvalue weighted by Gasteiger charge is -2.30. The Balaban J connectivity index is 1.88. The summed E-state index contributed by atoms with van der Waals surface area (Å²) in [5.41, 5.74) is 0.471. The Bertz CT molecular complexity index is 976. The number of anilines is 1. The number of ether oxygens (including phenoxy) is 1. The Labute approximate surface area is 168 Å². The number of fused-ring (bicyclic) bond motifs is 1. The van der Waals surface area contributed by atoms with E-state index in [-0.39, 0.29) is 0 Å². The SMILES string of the molecule is COC(=O)[C@@]1(CO)N[C@H](c2ccccc2C)[C@@H]2C(=O)N(c3ccccc3)C(=O)[C@H]21. The molecule has 2 saturated heterocycles. The van der Waals surface area contributed by atoms with E-state index in [1.807, 2.05) is 31.2 Å². The van der Waals surface area contributed by atoms with Gasteiger partial charge in [0.15, 0.2) is 5.54 Å². The average Bonchev–Trinajstić information content (AvgIpc) is 3.23. The summed E-state index contributed by atoms with van der Waals surface area (Å²) in [5.74, 6) is -3.59. The lowest BCUT2D eigenvalue weighted by molar-refractivity contribution is -0.154. The lowest BCUT2D eigenvalue weighted by atomic mass is 9.79. The van der Waals surface area contributed by atoms with Crippen molar-refractivity contribution in [2.24, 2.45) is 11.8 Å². The molecule has 0 radical (unpaired) electrons. The van der Waals surface area contributed by atoms with Crippen molar-refractivity contribution < 1.29 is 24.2 Å². The molecule has 4 rings (SSSR count). The average molecular weight is 394 g/mol. The van der Waals surface area contributed by atoms with E-state index < -0.39 is 47.8 Å². The number of para-hydroxylation sites is 1. The molecular weight excluding hydrogens is 372 g/mol. The molecule has 0 saturated carbocycles. The second-order valence-corrected chi connectivity index (χ2v) is 7.45. The first-order valence-corrected chi connectivity index (χ1v) is 9.41. The number of esters is 1. The second kappa shape index (κ2) is 7.09. The van der Waals surface area contributed by atoms with Gasteiger partial charge in [-0.3, -0.25) is 14.9 Å². The van der Waals surface area contributed by atoms with Crippen LogP contribution in [-0.2, 0) is 19.1 Å². The molecule has 29 heavy (non-hydrogen) atoms. The third-order valence-corrected chi connectivity index (χ3v) is 5.99. The van der Waals surface area contributed by atoms with Crippen molar-refractivity contribution in [2.75, 3.05) is 18.6 Å². The molecule has 4 atom stereocenters. The molecular formula is C22H22N2O5. The highest BCUT2D eigenvalue weighted by Crippen LogP contribution is 2.50. The molecule has 2 amide bonds. The quantitative estimate of drug-likeness (QED) is 0.600. The van der Waals surface area contributed by atoms with Gasteiger partial charge in [0, 0.05) is 6.04 Å². The van der Waals surface area contributed by atoms with Crippen molar-refractivity contribution in [1.82, 2.24) is 5.32 Å². The second-order valence-electron chi connectivity index (χ2n) is 7.45. The molecule has 2 fully saturated rings. The van der Waals surface area contributed by atoms with Crippen LogP contribution in [-0.4, -0.2) is 42.1 Å². The van der Waals surface area contributed by atoms with Crippen LogP contribution >= 0.6 is 0 Å². The summed E-state index contributed by atoms with van der Waals surface area (Å²) in [6.45, 7) is 1.24. The maximum atomic E-state index is 13.4. The number of amides is 2. The number of benzene rings is 2. The maximum Gasteiger partial charge on any atom is 0.329 e. The first-order valence-electron chi connectivity index (χ1n) is 9.41. The van der Waals surface area contributed by atoms with Crippen molar-refractivity contribution in [1.29, 1.82) is 0 Å². The Hall–Kier alpha value is -3.03. The summed E-state index contributed by atoms with van der Waals surface area (Å²) < 4.78 is 4.93. The van der Waals surface area contributed by atoms with Crippen LogP contribution in [0.3, 0.4) is 0 Å². The fraction of sp³-hybridized carbons (Fsp3) is 0.318. The third-order valence-electron chi connectivity index (χ3n) is 5.99. The molecule has 2 aliphatic heterocycles. The predicted octanol–water partition coefficient (Wildman–Crippen LogP) is 1.35. The number of carbonyl (C=O) groups excluding carboxylic acids is 3. The van der Waals surface area contributed by atoms with Crippen LogP contribution in [0.25, 0.3) is 0 Å². The number of aliphatic hydroxyl groups is 1. The Kier molecular flexibility index (Phi) is 4.72. The molecule has 0 aliphatic carbocycles. The number of nitrogens with zero attached hydrogens (tertiary/aromatic N) is 1. The molecule has 0 bridgehead atoms. The van der Waals surface area contributed by atoms with Gasteiger partial charge in [0.2, 0.25) is 11.8 Å². The predicted molar refractivity (Wildman–Crippen MR) is 105 cm³/mol. The van der Waals surface area contributed by atoms with Gasteiger partial charge in [0.05, 0.1) is 31.2 Å². The molecule has 7 nitrogen and oxygen atoms in total. The van der Waals surface area contributed by atoms with Gasteiger partial charge in [-0.2, -0.15) is 0 Å². The van der Waals surface area contributed by atoms with E-state index in [2.05, 4.69) is 5.32 Å². The summed E-state index contributed by atoms with van der Waals surface area (Å²) in [6, 6.07) is 15.5. The number of hydrogen-bond acceptors (Lipinski definition) is 6. The molecule has 2 N–H and O–H groups in total. The van der Waals surface area contributed by atoms with Gasteiger partial charge in [0.25, 0.3) is 0 Å². The number of imide groups is 1. The minimum absolute atomic E-state index is 0.397. The number of carbonyl (C=O) groups is 3. The standard InChI is InChI=1S/C22H22N2O5/c1-13-8-6-7-11-15(13)18-16-17(22(12-25,23-18)21(28)29-2)20(27)24(19(16)26)14-9-4-3-5-10-14/h3-11,16-18,23,25H,12H2,1-2H3/t16-,17+,18-,22+/m1/s1. The Morgan fingerprint density at radius 3 is 2.38 bits per heavy atom. The first kappa shape index (κ1) is 19.3. The van der Waals surface area contributed by atoms with Crippen LogP contribution in [0.5, 0.6) is 0 Å². The largest absolute Gasteiger partial charge is 0.468 e. The summed E-state index contributed by atoms with van der Waals surface area (Å²) in [5, 5.41) is 13.3. The van der Waals surface area contributed by atoms with Gasteiger partial charge in [-0.25, -0.2) is 9.69 Å². The molecule has 2 aromatic rings. The van der Waals surface area contributed by atoms with E-state index in [9.17, 15) is 19.5 Å². The zero-order valence-corrected chi connectivity index (χ0v) is 16.2. The van der Waals surface area contributed by atoms with Crippen LogP contribution in [0.15, 0.2) is 54.6 Å². The minimum atomic E-state index is -1.69. The topological polar surface area (TPSA) is 95.9 Å². The fourth-order valence-electron chi connectivity index (χ4n) is 4.62. The number of aryl methyl sites for hydroxylation is 1. The van der Waals surface area contributed by atoms with Crippen LogP contribution < -0.4 is 10.2 Å². The fourth-order valence-corrected chi connectivity index (χ4v) is 4.62. The molecule has 0 spiro atoms. The molecule has 2 heterocycles. The van der Waals surface area contributed by atoms with Gasteiger partial charge in [-0.05, 0) is 30.2 Å². The van der Waals surface area contributed by atoms with E-state index in [1.54, 1.807) is 30.3 Å². The molecule has 7 heteroatoms. The normalized spacial score (nSPS) is 28.5. The van der Waals surface area contributed by atoms with Crippen molar-refractivity contribution in [3.8, 4) is 0 Å². The zero-order chi connectivity index (χ0) is 20.8. The molecule has 0 unspecified atom stereocenters. The van der Waals surface area contributed by atoms with E-state index in [0.717, 1.165) is 16.0 Å². The molecule has 0 aromatic heterocycles. The van der Waals surface area contributed by atoms with Crippen molar-refractivity contribution >= 4 is 23.5 Å². The van der Waals surface area contributed by atoms with E-state index >= 15 is 0 Å². The van der Waals surface area contributed by atoms with Crippen molar-refractivity contribution in [3.63, 3.8) is 0 Å².